The molecule has 0 heterocycles. The number of hydrogen-bond acceptors (Lipinski definition) is 2. The van der Waals surface area contributed by atoms with Gasteiger partial charge in [0.25, 0.3) is 0 Å². The molecule has 0 unspecified atom stereocenters. The van der Waals surface area contributed by atoms with Crippen LogP contribution in [0.25, 0.3) is 0 Å². The number of thioether (sulfide) groups is 1. The van der Waals surface area contributed by atoms with Crippen molar-refractivity contribution in [2.24, 2.45) is 5.73 Å². The summed E-state index contributed by atoms with van der Waals surface area (Å²) in [7, 11) is 0. The van der Waals surface area contributed by atoms with Crippen molar-refractivity contribution >= 4 is 32.9 Å². The molecule has 10 heavy (non-hydrogen) atoms. The number of unbranched alkanes of at least 4 members (excludes halogenated alkanes) is 2. The van der Waals surface area contributed by atoms with E-state index in [1.165, 1.54) is 23.0 Å². The second-order valence-corrected chi connectivity index (χ2v) is 8.47. The van der Waals surface area contributed by atoms with Gasteiger partial charge in [-0.05, 0) is 0 Å². The van der Waals surface area contributed by atoms with Gasteiger partial charge in [0.1, 0.15) is 0 Å². The van der Waals surface area contributed by atoms with E-state index in [0.717, 1.165) is 6.54 Å². The Balaban J connectivity index is 2.65. The second kappa shape index (κ2) is 10.1. The van der Waals surface area contributed by atoms with E-state index in [1.807, 2.05) is 11.8 Å². The van der Waals surface area contributed by atoms with Crippen LogP contribution < -0.4 is 5.73 Å². The summed E-state index contributed by atoms with van der Waals surface area (Å²) in [5, 5.41) is 0. The molecule has 0 radical (unpaired) electrons. The van der Waals surface area contributed by atoms with Crippen LogP contribution in [0.5, 0.6) is 0 Å². The predicted octanol–water partition coefficient (Wildman–Crippen LogP) is 1.56. The number of nitrogens with two attached hydrogens (primary N) is 1. The number of rotatable bonds is 7. The molecule has 1 nitrogen and oxygen atoms in total. The summed E-state index contributed by atoms with van der Waals surface area (Å²) >= 11 is 2.08. The standard InChI is InChI=1S/C5H12N.C2H5S.Sn/c1-2-3-4-5-6;1-3-2;/h1-6H2;1H2,2H3;/q;;+2. The quantitative estimate of drug-likeness (QED) is 0.559. The Morgan fingerprint density at radius 1 is 1.30 bits per heavy atom. The third-order valence-electron chi connectivity index (χ3n) is 1.30. The van der Waals surface area contributed by atoms with E-state index in [1.54, 1.807) is 4.44 Å². The first kappa shape index (κ1) is 11.1. The van der Waals surface area contributed by atoms with Gasteiger partial charge in [-0.15, -0.1) is 0 Å². The Morgan fingerprint density at radius 3 is 2.70 bits per heavy atom. The predicted molar refractivity (Wildman–Crippen MR) is 51.8 cm³/mol. The van der Waals surface area contributed by atoms with E-state index in [9.17, 15) is 0 Å². The van der Waals surface area contributed by atoms with Crippen LogP contribution in [0.1, 0.15) is 19.3 Å². The molecule has 0 saturated heterocycles. The first-order chi connectivity index (χ1) is 4.91. The molecule has 2 N–H and O–H groups in total. The molecule has 0 spiro atoms. The molecule has 0 aliphatic rings. The van der Waals surface area contributed by atoms with Crippen molar-refractivity contribution in [1.29, 1.82) is 0 Å². The third-order valence-corrected chi connectivity index (χ3v) is 8.03. The molecule has 0 atom stereocenters. The molecule has 0 aromatic rings. The van der Waals surface area contributed by atoms with E-state index in [2.05, 4.69) is 6.26 Å². The Hall–Kier alpha value is 1.11. The summed E-state index contributed by atoms with van der Waals surface area (Å²) in [4.78, 5) is 0. The fraction of sp³-hybridized carbons (Fsp3) is 1.00. The summed E-state index contributed by atoms with van der Waals surface area (Å²) in [6.45, 7) is 0.883. The molecule has 0 aliphatic carbocycles. The van der Waals surface area contributed by atoms with Crippen LogP contribution in [-0.2, 0) is 0 Å². The van der Waals surface area contributed by atoms with Gasteiger partial charge in [0.05, 0.1) is 0 Å². The van der Waals surface area contributed by atoms with Crippen LogP contribution in [0, 0.1) is 0 Å². The minimum absolute atomic E-state index is 0.0646. The topological polar surface area (TPSA) is 26.0 Å². The van der Waals surface area contributed by atoms with Crippen molar-refractivity contribution in [1.82, 2.24) is 0 Å². The van der Waals surface area contributed by atoms with Gasteiger partial charge in [-0.2, -0.15) is 0 Å². The van der Waals surface area contributed by atoms with Crippen molar-refractivity contribution in [3.63, 3.8) is 0 Å². The maximum absolute atomic E-state index is 5.38. The van der Waals surface area contributed by atoms with Crippen molar-refractivity contribution < 1.29 is 0 Å². The van der Waals surface area contributed by atoms with E-state index >= 15 is 0 Å². The zero-order chi connectivity index (χ0) is 7.66. The van der Waals surface area contributed by atoms with E-state index in [0.29, 0.717) is 0 Å². The van der Waals surface area contributed by atoms with Crippen LogP contribution >= 0.6 is 11.8 Å². The normalized spacial score (nSPS) is 9.40. The molecule has 0 aromatic heterocycles. The van der Waals surface area contributed by atoms with Gasteiger partial charge in [-0.3, -0.25) is 0 Å². The molecule has 0 rings (SSSR count). The Bertz CT molecular complexity index is 53.6. The monoisotopic (exact) mass is 267 g/mol. The molecular formula is C7H17NSSn+2. The van der Waals surface area contributed by atoms with Crippen molar-refractivity contribution in [2.75, 3.05) is 16.6 Å². The van der Waals surface area contributed by atoms with Crippen LogP contribution in [0.4, 0.5) is 0 Å². The molecule has 3 heteroatoms. The summed E-state index contributed by atoms with van der Waals surface area (Å²) in [6.07, 6.45) is 6.26. The maximum atomic E-state index is 5.38. The average molecular weight is 266 g/mol. The molecule has 0 aromatic carbocycles. The average Bonchev–Trinajstić information content (AvgIpc) is 1.97. The van der Waals surface area contributed by atoms with Crippen molar-refractivity contribution in [3.05, 3.63) is 0 Å². The molecule has 0 saturated carbocycles. The van der Waals surface area contributed by atoms with E-state index in [4.69, 9.17) is 5.73 Å². The molecule has 0 fully saturated rings. The molecule has 0 aliphatic heterocycles. The van der Waals surface area contributed by atoms with Gasteiger partial charge >= 0.3 is 78.9 Å². The Kier molecular flexibility index (Phi) is 11.2. The van der Waals surface area contributed by atoms with Gasteiger partial charge in [-0.25, -0.2) is 0 Å². The van der Waals surface area contributed by atoms with Crippen LogP contribution in [0.3, 0.4) is 0 Å². The fourth-order valence-electron chi connectivity index (χ4n) is 0.745. The zero-order valence-corrected chi connectivity index (χ0v) is 10.4. The summed E-state index contributed by atoms with van der Waals surface area (Å²) in [5.74, 6) is 0. The first-order valence-corrected chi connectivity index (χ1v) is 9.24. The Morgan fingerprint density at radius 2 is 2.10 bits per heavy atom. The summed E-state index contributed by atoms with van der Waals surface area (Å²) in [5.41, 5.74) is 5.38. The van der Waals surface area contributed by atoms with E-state index < -0.39 is 0 Å². The van der Waals surface area contributed by atoms with Crippen LogP contribution in [0.2, 0.25) is 4.44 Å². The van der Waals surface area contributed by atoms with Gasteiger partial charge in [0.2, 0.25) is 0 Å². The Labute approximate surface area is 78.7 Å². The van der Waals surface area contributed by atoms with Gasteiger partial charge in [0.15, 0.2) is 0 Å². The molecule has 0 bridgehead atoms. The zero-order valence-electron chi connectivity index (χ0n) is 6.73. The third kappa shape index (κ3) is 9.11. The first-order valence-electron chi connectivity index (χ1n) is 3.81. The van der Waals surface area contributed by atoms with E-state index in [-0.39, 0.29) is 21.1 Å². The fourth-order valence-corrected chi connectivity index (χ4v) is 5.50. The molecule has 58 valence electrons. The summed E-state index contributed by atoms with van der Waals surface area (Å²) in [6, 6.07) is 0. The molecular weight excluding hydrogens is 249 g/mol. The minimum atomic E-state index is 0.0646. The molecule has 0 amide bonds. The van der Waals surface area contributed by atoms with Gasteiger partial charge in [-0.1, -0.05) is 0 Å². The van der Waals surface area contributed by atoms with Crippen molar-refractivity contribution in [2.45, 2.75) is 23.7 Å². The SMILES string of the molecule is CS[CH2][Sn+2][CH2]CCCCN. The summed E-state index contributed by atoms with van der Waals surface area (Å²) < 4.78 is 3.05. The second-order valence-electron chi connectivity index (χ2n) is 2.28. The number of hydrogen-bond donors (Lipinski definition) is 1. The van der Waals surface area contributed by atoms with Gasteiger partial charge < -0.3 is 0 Å². The van der Waals surface area contributed by atoms with Crippen LogP contribution in [-0.4, -0.2) is 37.7 Å². The van der Waals surface area contributed by atoms with Crippen LogP contribution in [0.15, 0.2) is 0 Å². The van der Waals surface area contributed by atoms with Gasteiger partial charge in [0, 0.05) is 0 Å². The van der Waals surface area contributed by atoms with Crippen molar-refractivity contribution in [3.8, 4) is 0 Å².